The fourth-order valence-electron chi connectivity index (χ4n) is 4.04. The molecule has 2 heterocycles. The minimum Gasteiger partial charge on any atom is -0.507 e. The summed E-state index contributed by atoms with van der Waals surface area (Å²) >= 11 is 0.933. The highest BCUT2D eigenvalue weighted by Gasteiger charge is 2.48. The first-order chi connectivity index (χ1) is 18.3. The summed E-state index contributed by atoms with van der Waals surface area (Å²) in [5.74, 6) is -1.52. The zero-order valence-corrected chi connectivity index (χ0v) is 21.9. The van der Waals surface area contributed by atoms with Gasteiger partial charge in [0.2, 0.25) is 0 Å². The Balaban J connectivity index is 1.86. The van der Waals surface area contributed by atoms with Gasteiger partial charge in [-0.2, -0.15) is 0 Å². The van der Waals surface area contributed by atoms with Gasteiger partial charge in [0.25, 0.3) is 5.78 Å². The van der Waals surface area contributed by atoms with Crippen molar-refractivity contribution >= 4 is 39.9 Å². The van der Waals surface area contributed by atoms with E-state index in [0.717, 1.165) is 11.3 Å². The van der Waals surface area contributed by atoms with Gasteiger partial charge in [-0.05, 0) is 55.8 Å². The molecule has 0 spiro atoms. The van der Waals surface area contributed by atoms with E-state index in [9.17, 15) is 19.5 Å². The van der Waals surface area contributed by atoms with Crippen LogP contribution in [-0.2, 0) is 14.3 Å². The van der Waals surface area contributed by atoms with Gasteiger partial charge in [0.15, 0.2) is 5.13 Å². The van der Waals surface area contributed by atoms with E-state index in [1.807, 2.05) is 6.92 Å². The van der Waals surface area contributed by atoms with Gasteiger partial charge < -0.3 is 19.3 Å². The summed E-state index contributed by atoms with van der Waals surface area (Å²) in [6.45, 7) is 7.50. The highest BCUT2D eigenvalue weighted by atomic mass is 32.1. The van der Waals surface area contributed by atoms with Crippen molar-refractivity contribution in [1.82, 2.24) is 4.98 Å². The maximum Gasteiger partial charge on any atom is 0.350 e. The third kappa shape index (κ3) is 5.03. The highest BCUT2D eigenvalue weighted by molar-refractivity contribution is 7.17. The van der Waals surface area contributed by atoms with Gasteiger partial charge in [0.05, 0.1) is 31.0 Å². The Labute approximate surface area is 223 Å². The van der Waals surface area contributed by atoms with Crippen LogP contribution in [-0.4, -0.2) is 48.1 Å². The molecule has 1 atom stereocenters. The van der Waals surface area contributed by atoms with E-state index in [4.69, 9.17) is 14.2 Å². The highest BCUT2D eigenvalue weighted by Crippen LogP contribution is 2.44. The van der Waals surface area contributed by atoms with Crippen LogP contribution >= 0.6 is 11.3 Å². The van der Waals surface area contributed by atoms with Crippen LogP contribution in [0.5, 0.6) is 11.5 Å². The lowest BCUT2D eigenvalue weighted by Gasteiger charge is -2.23. The molecule has 10 heteroatoms. The molecule has 4 rings (SSSR count). The number of rotatable bonds is 9. The Hall–Kier alpha value is -4.44. The van der Waals surface area contributed by atoms with Gasteiger partial charge in [-0.1, -0.05) is 36.1 Å². The Morgan fingerprint density at radius 1 is 1.13 bits per heavy atom. The molecule has 1 aliphatic rings. The van der Waals surface area contributed by atoms with E-state index < -0.39 is 23.7 Å². The summed E-state index contributed by atoms with van der Waals surface area (Å²) in [4.78, 5) is 45.1. The molecule has 196 valence electrons. The van der Waals surface area contributed by atoms with E-state index in [1.165, 1.54) is 18.1 Å². The molecule has 2 aromatic carbocycles. The van der Waals surface area contributed by atoms with Crippen LogP contribution in [0.15, 0.2) is 66.8 Å². The van der Waals surface area contributed by atoms with Crippen LogP contribution < -0.4 is 14.4 Å². The predicted octanol–water partition coefficient (Wildman–Crippen LogP) is 4.83. The second-order valence-electron chi connectivity index (χ2n) is 8.20. The summed E-state index contributed by atoms with van der Waals surface area (Å²) in [6.07, 6.45) is 1.44. The van der Waals surface area contributed by atoms with Gasteiger partial charge in [-0.25, -0.2) is 9.78 Å². The van der Waals surface area contributed by atoms with Gasteiger partial charge in [0.1, 0.15) is 28.7 Å². The van der Waals surface area contributed by atoms with Gasteiger partial charge in [0, 0.05) is 5.56 Å². The molecular formula is C28H26N2O7S. The fourth-order valence-corrected chi connectivity index (χ4v) is 5.02. The zero-order chi connectivity index (χ0) is 27.4. The second kappa shape index (κ2) is 11.3. The van der Waals surface area contributed by atoms with Gasteiger partial charge >= 0.3 is 11.9 Å². The lowest BCUT2D eigenvalue weighted by Crippen LogP contribution is -2.29. The molecule has 38 heavy (non-hydrogen) atoms. The van der Waals surface area contributed by atoms with Crippen molar-refractivity contribution in [3.8, 4) is 11.5 Å². The van der Waals surface area contributed by atoms with E-state index in [-0.39, 0.29) is 27.9 Å². The van der Waals surface area contributed by atoms with Crippen molar-refractivity contribution < 1.29 is 33.7 Å². The van der Waals surface area contributed by atoms with Crippen LogP contribution in [0.25, 0.3) is 5.76 Å². The van der Waals surface area contributed by atoms with Crippen LogP contribution in [0, 0.1) is 6.92 Å². The fraction of sp³-hybridized carbons (Fsp3) is 0.214. The quantitative estimate of drug-likeness (QED) is 0.137. The minimum absolute atomic E-state index is 0.0179. The van der Waals surface area contributed by atoms with E-state index in [0.29, 0.717) is 34.9 Å². The Kier molecular flexibility index (Phi) is 7.92. The van der Waals surface area contributed by atoms with Crippen molar-refractivity contribution in [2.75, 3.05) is 25.2 Å². The molecule has 1 N–H and O–H groups in total. The van der Waals surface area contributed by atoms with Crippen LogP contribution in [0.1, 0.15) is 39.5 Å². The number of methoxy groups -OCH3 is 1. The third-order valence-corrected chi connectivity index (χ3v) is 6.96. The van der Waals surface area contributed by atoms with Gasteiger partial charge in [-0.15, -0.1) is 0 Å². The largest absolute Gasteiger partial charge is 0.507 e. The number of carbonyl (C=O) groups is 3. The Morgan fingerprint density at radius 3 is 2.39 bits per heavy atom. The smallest absolute Gasteiger partial charge is 0.350 e. The number of thiazole rings is 1. The number of carbonyl (C=O) groups excluding carboxylic acids is 3. The number of hydrogen-bond donors (Lipinski definition) is 1. The molecule has 1 unspecified atom stereocenters. The lowest BCUT2D eigenvalue weighted by molar-refractivity contribution is -0.132. The average Bonchev–Trinajstić information content (AvgIpc) is 3.44. The summed E-state index contributed by atoms with van der Waals surface area (Å²) in [5, 5.41) is 11.4. The summed E-state index contributed by atoms with van der Waals surface area (Å²) < 4.78 is 15.8. The number of ketones is 1. The number of aryl methyl sites for hydroxylation is 1. The average molecular weight is 535 g/mol. The molecule has 1 saturated heterocycles. The molecule has 3 aromatic rings. The molecule has 1 fully saturated rings. The number of aromatic nitrogens is 1. The molecule has 0 saturated carbocycles. The Bertz CT molecular complexity index is 1410. The van der Waals surface area contributed by atoms with Crippen molar-refractivity contribution in [3.63, 3.8) is 0 Å². The van der Waals surface area contributed by atoms with Crippen molar-refractivity contribution in [2.24, 2.45) is 0 Å². The monoisotopic (exact) mass is 534 g/mol. The topological polar surface area (TPSA) is 115 Å². The van der Waals surface area contributed by atoms with Crippen molar-refractivity contribution in [2.45, 2.75) is 19.9 Å². The minimum atomic E-state index is -1.00. The molecule has 1 aromatic heterocycles. The number of benzene rings is 2. The maximum atomic E-state index is 13.4. The summed E-state index contributed by atoms with van der Waals surface area (Å²) in [5.41, 5.74) is 1.13. The second-order valence-corrected chi connectivity index (χ2v) is 9.18. The maximum absolute atomic E-state index is 13.4. The molecular weight excluding hydrogens is 508 g/mol. The van der Waals surface area contributed by atoms with Crippen LogP contribution in [0.3, 0.4) is 0 Å². The van der Waals surface area contributed by atoms with Crippen LogP contribution in [0.4, 0.5) is 5.13 Å². The molecule has 1 aliphatic heterocycles. The Morgan fingerprint density at radius 2 is 1.79 bits per heavy atom. The number of esters is 1. The lowest BCUT2D eigenvalue weighted by atomic mass is 9.95. The van der Waals surface area contributed by atoms with Crippen LogP contribution in [0.2, 0.25) is 0 Å². The number of aliphatic hydroxyl groups is 1. The molecule has 0 bridgehead atoms. The molecule has 1 amide bonds. The molecule has 0 aliphatic carbocycles. The number of hydrogen-bond acceptors (Lipinski definition) is 9. The van der Waals surface area contributed by atoms with E-state index >= 15 is 0 Å². The SMILES string of the molecule is C=CCOC(=O)c1sc(N2C(=O)C(=O)/C(=C(\O)c3ccc(OC)cc3)C2c2ccc(OCC)cc2)nc1C. The number of Topliss-reactive ketones (excluding diaryl/α,β-unsaturated/α-hetero) is 1. The third-order valence-electron chi connectivity index (χ3n) is 5.82. The first-order valence-corrected chi connectivity index (χ1v) is 12.6. The number of ether oxygens (including phenoxy) is 3. The number of amides is 1. The van der Waals surface area contributed by atoms with E-state index in [1.54, 1.807) is 55.5 Å². The first kappa shape index (κ1) is 26.6. The number of anilines is 1. The van der Waals surface area contributed by atoms with Gasteiger partial charge in [-0.3, -0.25) is 14.5 Å². The molecule has 9 nitrogen and oxygen atoms in total. The molecule has 0 radical (unpaired) electrons. The zero-order valence-electron chi connectivity index (χ0n) is 21.1. The summed E-state index contributed by atoms with van der Waals surface area (Å²) in [7, 11) is 1.52. The predicted molar refractivity (Wildman–Crippen MR) is 143 cm³/mol. The normalized spacial score (nSPS) is 16.4. The van der Waals surface area contributed by atoms with Crippen molar-refractivity contribution in [3.05, 3.63) is 88.5 Å². The van der Waals surface area contributed by atoms with E-state index in [2.05, 4.69) is 11.6 Å². The summed E-state index contributed by atoms with van der Waals surface area (Å²) in [6, 6.07) is 12.3. The number of aliphatic hydroxyl groups excluding tert-OH is 1. The first-order valence-electron chi connectivity index (χ1n) is 11.7. The number of nitrogens with zero attached hydrogens (tertiary/aromatic N) is 2. The standard InChI is InChI=1S/C28H26N2O7S/c1-5-15-37-27(34)25-16(3)29-28(38-25)30-22(17-7-13-20(14-8-17)36-6-2)21(24(32)26(30)33)23(31)18-9-11-19(35-4)12-10-18/h5,7-14,22,31H,1,6,15H2,2-4H3/b23-21-. The van der Waals surface area contributed by atoms with Crippen molar-refractivity contribution in [1.29, 1.82) is 0 Å².